The van der Waals surface area contributed by atoms with E-state index in [4.69, 9.17) is 17.0 Å². The summed E-state index contributed by atoms with van der Waals surface area (Å²) in [6.07, 6.45) is 3.02. The first-order valence-corrected chi connectivity index (χ1v) is 11.3. The molecule has 0 aromatic heterocycles. The molecule has 0 radical (unpaired) electrons. The first-order chi connectivity index (χ1) is 15.8. The number of carbonyl (C=O) groups excluding carboxylic acids is 2. The first kappa shape index (κ1) is 24.2. The lowest BCUT2D eigenvalue weighted by molar-refractivity contribution is -0.143. The molecule has 0 spiro atoms. The van der Waals surface area contributed by atoms with E-state index in [-0.39, 0.29) is 18.0 Å². The van der Waals surface area contributed by atoms with E-state index in [2.05, 4.69) is 10.6 Å². The van der Waals surface area contributed by atoms with Gasteiger partial charge in [-0.3, -0.25) is 4.79 Å². The molecule has 172 valence electrons. The summed E-state index contributed by atoms with van der Waals surface area (Å²) in [5.74, 6) is -0.594. The fraction of sp³-hybridized carbons (Fsp3) is 0.269. The van der Waals surface area contributed by atoms with Gasteiger partial charge in [-0.05, 0) is 69.2 Å². The van der Waals surface area contributed by atoms with Crippen LogP contribution in [0.1, 0.15) is 44.9 Å². The van der Waals surface area contributed by atoms with Crippen LogP contribution in [-0.2, 0) is 14.3 Å². The van der Waals surface area contributed by atoms with Gasteiger partial charge in [-0.25, -0.2) is 4.79 Å². The topological polar surface area (TPSA) is 70.7 Å². The Balaban J connectivity index is 1.79. The van der Waals surface area contributed by atoms with Crippen molar-refractivity contribution in [2.24, 2.45) is 0 Å². The highest BCUT2D eigenvalue weighted by molar-refractivity contribution is 7.80. The third-order valence-electron chi connectivity index (χ3n) is 5.21. The van der Waals surface area contributed by atoms with Crippen LogP contribution >= 0.6 is 12.2 Å². The summed E-state index contributed by atoms with van der Waals surface area (Å²) in [6.45, 7) is 8.15. The summed E-state index contributed by atoms with van der Waals surface area (Å²) < 4.78 is 5.51. The molecule has 6 nitrogen and oxygen atoms in total. The monoisotopic (exact) mass is 463 g/mol. The second-order valence-corrected chi connectivity index (χ2v) is 8.32. The van der Waals surface area contributed by atoms with Crippen LogP contribution < -0.4 is 10.6 Å². The maximum absolute atomic E-state index is 12.9. The molecule has 0 saturated heterocycles. The van der Waals surface area contributed by atoms with Gasteiger partial charge in [-0.15, -0.1) is 0 Å². The molecular weight excluding hydrogens is 434 g/mol. The Labute approximate surface area is 200 Å². The van der Waals surface area contributed by atoms with E-state index in [9.17, 15) is 9.59 Å². The summed E-state index contributed by atoms with van der Waals surface area (Å²) in [7, 11) is 0. The van der Waals surface area contributed by atoms with Crippen molar-refractivity contribution in [1.29, 1.82) is 0 Å². The largest absolute Gasteiger partial charge is 0.459 e. The molecule has 0 bridgehead atoms. The van der Waals surface area contributed by atoms with Gasteiger partial charge in [-0.1, -0.05) is 42.5 Å². The van der Waals surface area contributed by atoms with Crippen LogP contribution in [0.4, 0.5) is 5.69 Å². The quantitative estimate of drug-likeness (QED) is 0.349. The van der Waals surface area contributed by atoms with E-state index in [1.54, 1.807) is 18.2 Å². The minimum absolute atomic E-state index is 0.223. The Morgan fingerprint density at radius 2 is 1.82 bits per heavy atom. The van der Waals surface area contributed by atoms with Gasteiger partial charge in [0.15, 0.2) is 5.11 Å². The van der Waals surface area contributed by atoms with Gasteiger partial charge < -0.3 is 20.3 Å². The van der Waals surface area contributed by atoms with Gasteiger partial charge in [0.05, 0.1) is 17.7 Å². The zero-order valence-corrected chi connectivity index (χ0v) is 20.1. The van der Waals surface area contributed by atoms with Crippen LogP contribution in [0.3, 0.4) is 0 Å². The fourth-order valence-corrected chi connectivity index (χ4v) is 4.02. The number of allylic oxidation sites excluding steroid dienone is 1. The number of amides is 1. The molecule has 1 heterocycles. The number of ether oxygens (including phenoxy) is 1. The number of benzene rings is 2. The molecule has 1 atom stereocenters. The molecule has 33 heavy (non-hydrogen) atoms. The number of nitrogens with zero attached hydrogens (tertiary/aromatic N) is 1. The summed E-state index contributed by atoms with van der Waals surface area (Å²) in [4.78, 5) is 27.1. The van der Waals surface area contributed by atoms with Gasteiger partial charge >= 0.3 is 5.97 Å². The lowest BCUT2D eigenvalue weighted by Gasteiger charge is -2.37. The standard InChI is InChI=1S/C26H29N3O3S/c1-5-29-18(4)23(25(31)32-17(2)3)24(28-26(29)33)20-12-14-21(15-13-20)27-22(30)16-11-19-9-7-6-8-10-19/h6-17,24H,5H2,1-4H3,(H,27,30)(H,28,33). The SMILES string of the molecule is CCN1C(=S)NC(c2ccc(NC(=O)C=Cc3ccccc3)cc2)C(C(=O)OC(C)C)=C1C. The van der Waals surface area contributed by atoms with Crippen molar-refractivity contribution in [3.8, 4) is 0 Å². The zero-order valence-electron chi connectivity index (χ0n) is 19.3. The van der Waals surface area contributed by atoms with E-state index in [0.29, 0.717) is 22.9 Å². The molecule has 3 rings (SSSR count). The number of thiocarbonyl (C=S) groups is 1. The summed E-state index contributed by atoms with van der Waals surface area (Å²) in [6, 6.07) is 16.5. The van der Waals surface area contributed by atoms with Crippen molar-refractivity contribution in [2.45, 2.75) is 39.8 Å². The van der Waals surface area contributed by atoms with E-state index >= 15 is 0 Å². The van der Waals surface area contributed by atoms with Crippen molar-refractivity contribution < 1.29 is 14.3 Å². The summed E-state index contributed by atoms with van der Waals surface area (Å²) in [5, 5.41) is 6.68. The minimum Gasteiger partial charge on any atom is -0.459 e. The Morgan fingerprint density at radius 3 is 2.42 bits per heavy atom. The number of hydrogen-bond donors (Lipinski definition) is 2. The van der Waals surface area contributed by atoms with Crippen LogP contribution in [0.25, 0.3) is 6.08 Å². The molecule has 0 saturated carbocycles. The maximum Gasteiger partial charge on any atom is 0.338 e. The molecule has 0 aliphatic carbocycles. The van der Waals surface area contributed by atoms with E-state index in [1.165, 1.54) is 6.08 Å². The number of hydrogen-bond acceptors (Lipinski definition) is 4. The van der Waals surface area contributed by atoms with Gasteiger partial charge in [0, 0.05) is 24.0 Å². The Hall–Kier alpha value is -3.45. The second-order valence-electron chi connectivity index (χ2n) is 7.94. The Bertz CT molecular complexity index is 1080. The van der Waals surface area contributed by atoms with Crippen LogP contribution in [0.2, 0.25) is 0 Å². The van der Waals surface area contributed by atoms with Crippen LogP contribution in [0.15, 0.2) is 71.9 Å². The van der Waals surface area contributed by atoms with Crippen molar-refractivity contribution in [2.75, 3.05) is 11.9 Å². The molecule has 1 aliphatic rings. The van der Waals surface area contributed by atoms with Gasteiger partial charge in [0.2, 0.25) is 5.91 Å². The van der Waals surface area contributed by atoms with E-state index in [1.807, 2.05) is 75.1 Å². The number of carbonyl (C=O) groups is 2. The van der Waals surface area contributed by atoms with Crippen molar-refractivity contribution in [1.82, 2.24) is 10.2 Å². The van der Waals surface area contributed by atoms with E-state index < -0.39 is 6.04 Å². The van der Waals surface area contributed by atoms with Crippen molar-refractivity contribution >= 4 is 41.0 Å². The molecule has 1 unspecified atom stereocenters. The smallest absolute Gasteiger partial charge is 0.338 e. The molecule has 2 aromatic rings. The molecular formula is C26H29N3O3S. The summed E-state index contributed by atoms with van der Waals surface area (Å²) in [5.41, 5.74) is 3.76. The van der Waals surface area contributed by atoms with Gasteiger partial charge in [0.25, 0.3) is 0 Å². The molecule has 1 amide bonds. The average molecular weight is 464 g/mol. The highest BCUT2D eigenvalue weighted by Crippen LogP contribution is 2.32. The minimum atomic E-state index is -0.436. The van der Waals surface area contributed by atoms with Gasteiger partial charge in [0.1, 0.15) is 0 Å². The zero-order chi connectivity index (χ0) is 24.0. The lowest BCUT2D eigenvalue weighted by atomic mass is 9.94. The number of nitrogens with one attached hydrogen (secondary N) is 2. The second kappa shape index (κ2) is 10.9. The highest BCUT2D eigenvalue weighted by atomic mass is 32.1. The van der Waals surface area contributed by atoms with Crippen molar-refractivity contribution in [3.63, 3.8) is 0 Å². The number of anilines is 1. The third-order valence-corrected chi connectivity index (χ3v) is 5.55. The van der Waals surface area contributed by atoms with E-state index in [0.717, 1.165) is 16.8 Å². The normalized spacial score (nSPS) is 16.2. The molecule has 7 heteroatoms. The Morgan fingerprint density at radius 1 is 1.15 bits per heavy atom. The number of rotatable bonds is 7. The molecule has 2 N–H and O–H groups in total. The van der Waals surface area contributed by atoms with Crippen LogP contribution in [-0.4, -0.2) is 34.5 Å². The van der Waals surface area contributed by atoms with Crippen molar-refractivity contribution in [3.05, 3.63) is 83.1 Å². The summed E-state index contributed by atoms with van der Waals surface area (Å²) >= 11 is 5.52. The fourth-order valence-electron chi connectivity index (χ4n) is 3.63. The maximum atomic E-state index is 12.9. The van der Waals surface area contributed by atoms with Crippen LogP contribution in [0.5, 0.6) is 0 Å². The van der Waals surface area contributed by atoms with Gasteiger partial charge in [-0.2, -0.15) is 0 Å². The lowest BCUT2D eigenvalue weighted by Crippen LogP contribution is -2.47. The highest BCUT2D eigenvalue weighted by Gasteiger charge is 2.34. The average Bonchev–Trinajstić information content (AvgIpc) is 2.78. The first-order valence-electron chi connectivity index (χ1n) is 10.9. The third kappa shape index (κ3) is 6.08. The Kier molecular flexibility index (Phi) is 8.01. The predicted molar refractivity (Wildman–Crippen MR) is 135 cm³/mol. The molecule has 0 fully saturated rings. The number of esters is 1. The molecule has 1 aliphatic heterocycles. The molecule has 2 aromatic carbocycles. The predicted octanol–water partition coefficient (Wildman–Crippen LogP) is 4.82. The van der Waals surface area contributed by atoms with Crippen LogP contribution in [0, 0.1) is 0 Å².